The van der Waals surface area contributed by atoms with E-state index in [0.29, 0.717) is 0 Å². The minimum Gasteiger partial charge on any atom is -0.381 e. The molecule has 3 radical (unpaired) electrons. The van der Waals surface area contributed by atoms with Gasteiger partial charge in [0.25, 0.3) is 0 Å². The molecule has 0 saturated carbocycles. The lowest BCUT2D eigenvalue weighted by Crippen LogP contribution is -1.89. The quantitative estimate of drug-likeness (QED) is 0.472. The molecular formula is C6H15BNO. The molecule has 9 heavy (non-hydrogen) atoms. The molecule has 1 saturated heterocycles. The lowest BCUT2D eigenvalue weighted by molar-refractivity contribution is 0.198. The van der Waals surface area contributed by atoms with Gasteiger partial charge in [0.15, 0.2) is 0 Å². The molecular weight excluding hydrogens is 113 g/mol. The van der Waals surface area contributed by atoms with Crippen molar-refractivity contribution >= 4 is 8.41 Å². The summed E-state index contributed by atoms with van der Waals surface area (Å²) in [7, 11) is 3.75. The monoisotopic (exact) mass is 128 g/mol. The summed E-state index contributed by atoms with van der Waals surface area (Å²) in [5, 5.41) is 2.75. The zero-order valence-electron chi connectivity index (χ0n) is 6.31. The Labute approximate surface area is 59.5 Å². The summed E-state index contributed by atoms with van der Waals surface area (Å²) >= 11 is 0. The van der Waals surface area contributed by atoms with Gasteiger partial charge in [-0.1, -0.05) is 0 Å². The van der Waals surface area contributed by atoms with Gasteiger partial charge in [-0.2, -0.15) is 0 Å². The van der Waals surface area contributed by atoms with Crippen LogP contribution in [0.15, 0.2) is 0 Å². The third-order valence-electron chi connectivity index (χ3n) is 0.827. The first-order valence-corrected chi connectivity index (χ1v) is 3.08. The molecule has 0 atom stereocenters. The van der Waals surface area contributed by atoms with E-state index < -0.39 is 0 Å². The van der Waals surface area contributed by atoms with Crippen molar-refractivity contribution in [1.29, 1.82) is 0 Å². The van der Waals surface area contributed by atoms with Crippen molar-refractivity contribution < 1.29 is 4.74 Å². The Morgan fingerprint density at radius 2 is 1.44 bits per heavy atom. The fourth-order valence-corrected chi connectivity index (χ4v) is 0.510. The molecule has 1 heterocycles. The third kappa shape index (κ3) is 11.5. The maximum Gasteiger partial charge on any atom is 0.0466 e. The number of hydrogen-bond acceptors (Lipinski definition) is 2. The predicted octanol–water partition coefficient (Wildman–Crippen LogP) is 0.252. The Balaban J connectivity index is 0. The molecule has 0 aromatic carbocycles. The van der Waals surface area contributed by atoms with Crippen LogP contribution in [0.2, 0.25) is 0 Å². The van der Waals surface area contributed by atoms with Crippen LogP contribution in [0.3, 0.4) is 0 Å². The number of ether oxygens (including phenoxy) is 1. The largest absolute Gasteiger partial charge is 0.381 e. The molecule has 1 fully saturated rings. The van der Waals surface area contributed by atoms with Crippen LogP contribution in [0.25, 0.3) is 0 Å². The summed E-state index contributed by atoms with van der Waals surface area (Å²) in [6.45, 7) is 2.00. The van der Waals surface area contributed by atoms with Crippen molar-refractivity contribution in [3.8, 4) is 0 Å². The first-order valence-electron chi connectivity index (χ1n) is 3.08. The summed E-state index contributed by atoms with van der Waals surface area (Å²) in [6, 6.07) is 0. The number of nitrogens with one attached hydrogen (secondary N) is 1. The van der Waals surface area contributed by atoms with Crippen molar-refractivity contribution in [2.24, 2.45) is 0 Å². The van der Waals surface area contributed by atoms with Crippen LogP contribution >= 0.6 is 0 Å². The highest BCUT2D eigenvalue weighted by Crippen LogP contribution is 1.98. The maximum absolute atomic E-state index is 4.94. The summed E-state index contributed by atoms with van der Waals surface area (Å²) < 4.78 is 4.94. The molecule has 0 aromatic heterocycles. The molecule has 1 rings (SSSR count). The first kappa shape index (κ1) is 11.7. The van der Waals surface area contributed by atoms with E-state index in [-0.39, 0.29) is 8.41 Å². The Kier molecular flexibility index (Phi) is 14.2. The highest BCUT2D eigenvalue weighted by atomic mass is 16.5. The molecule has 3 heteroatoms. The van der Waals surface area contributed by atoms with Crippen molar-refractivity contribution in [2.75, 3.05) is 27.3 Å². The normalized spacial score (nSPS) is 15.3. The molecule has 53 valence electrons. The molecule has 0 spiro atoms. The smallest absolute Gasteiger partial charge is 0.0466 e. The number of rotatable bonds is 0. The van der Waals surface area contributed by atoms with E-state index in [2.05, 4.69) is 5.32 Å². The SMILES string of the molecule is C1CCOC1.CNC.[B]. The van der Waals surface area contributed by atoms with Crippen LogP contribution in [-0.4, -0.2) is 35.7 Å². The summed E-state index contributed by atoms with van der Waals surface area (Å²) in [4.78, 5) is 0. The summed E-state index contributed by atoms with van der Waals surface area (Å²) in [6.07, 6.45) is 2.56. The average molecular weight is 128 g/mol. The van der Waals surface area contributed by atoms with Gasteiger partial charge in [-0.25, -0.2) is 0 Å². The summed E-state index contributed by atoms with van der Waals surface area (Å²) in [5.74, 6) is 0. The van der Waals surface area contributed by atoms with Crippen LogP contribution in [-0.2, 0) is 4.74 Å². The molecule has 0 aliphatic carbocycles. The highest BCUT2D eigenvalue weighted by Gasteiger charge is 1.94. The van der Waals surface area contributed by atoms with Crippen LogP contribution in [0, 0.1) is 0 Å². The van der Waals surface area contributed by atoms with Gasteiger partial charge >= 0.3 is 0 Å². The van der Waals surface area contributed by atoms with Crippen molar-refractivity contribution in [2.45, 2.75) is 12.8 Å². The second-order valence-electron chi connectivity index (χ2n) is 1.82. The van der Waals surface area contributed by atoms with Gasteiger partial charge in [0.05, 0.1) is 0 Å². The molecule has 1 N–H and O–H groups in total. The maximum atomic E-state index is 4.94. The standard InChI is InChI=1S/C4H8O.C2H7N.B/c1-2-4-5-3-1;1-3-2;/h1-4H2;3H,1-2H3;. The molecule has 0 unspecified atom stereocenters. The molecule has 1 aliphatic rings. The van der Waals surface area contributed by atoms with Gasteiger partial charge in [-0.15, -0.1) is 0 Å². The Morgan fingerprint density at radius 1 is 1.11 bits per heavy atom. The zero-order valence-corrected chi connectivity index (χ0v) is 6.31. The third-order valence-corrected chi connectivity index (χ3v) is 0.827. The van der Waals surface area contributed by atoms with Crippen LogP contribution in [0.5, 0.6) is 0 Å². The van der Waals surface area contributed by atoms with Gasteiger partial charge in [0.2, 0.25) is 0 Å². The second-order valence-corrected chi connectivity index (χ2v) is 1.82. The Bertz CT molecular complexity index is 32.4. The first-order chi connectivity index (χ1) is 3.91. The van der Waals surface area contributed by atoms with Gasteiger partial charge in [-0.3, -0.25) is 0 Å². The number of hydrogen-bond donors (Lipinski definition) is 1. The van der Waals surface area contributed by atoms with Gasteiger partial charge in [-0.05, 0) is 26.9 Å². The van der Waals surface area contributed by atoms with Crippen LogP contribution < -0.4 is 5.32 Å². The van der Waals surface area contributed by atoms with E-state index in [4.69, 9.17) is 4.74 Å². The fourth-order valence-electron chi connectivity index (χ4n) is 0.510. The topological polar surface area (TPSA) is 21.3 Å². The molecule has 2 nitrogen and oxygen atoms in total. The summed E-state index contributed by atoms with van der Waals surface area (Å²) in [5.41, 5.74) is 0. The minimum atomic E-state index is 0. The van der Waals surface area contributed by atoms with E-state index in [1.807, 2.05) is 14.1 Å². The van der Waals surface area contributed by atoms with E-state index >= 15 is 0 Å². The Morgan fingerprint density at radius 3 is 1.56 bits per heavy atom. The van der Waals surface area contributed by atoms with E-state index in [1.165, 1.54) is 12.8 Å². The van der Waals surface area contributed by atoms with E-state index in [1.54, 1.807) is 0 Å². The molecule has 0 bridgehead atoms. The fraction of sp³-hybridized carbons (Fsp3) is 1.00. The lowest BCUT2D eigenvalue weighted by Gasteiger charge is -1.76. The van der Waals surface area contributed by atoms with Gasteiger partial charge < -0.3 is 10.1 Å². The van der Waals surface area contributed by atoms with E-state index in [9.17, 15) is 0 Å². The lowest BCUT2D eigenvalue weighted by atomic mass is 10.4. The van der Waals surface area contributed by atoms with Crippen LogP contribution in [0.4, 0.5) is 0 Å². The second kappa shape index (κ2) is 10.9. The van der Waals surface area contributed by atoms with Gasteiger partial charge in [0.1, 0.15) is 0 Å². The average Bonchev–Trinajstić information content (AvgIpc) is 2.17. The molecule has 1 aliphatic heterocycles. The molecule has 0 aromatic rings. The zero-order chi connectivity index (χ0) is 6.24. The van der Waals surface area contributed by atoms with Gasteiger partial charge in [0, 0.05) is 21.6 Å². The molecule has 0 amide bonds. The van der Waals surface area contributed by atoms with Crippen molar-refractivity contribution in [3.05, 3.63) is 0 Å². The van der Waals surface area contributed by atoms with Crippen molar-refractivity contribution in [1.82, 2.24) is 5.32 Å². The van der Waals surface area contributed by atoms with Crippen molar-refractivity contribution in [3.63, 3.8) is 0 Å². The predicted molar refractivity (Wildman–Crippen MR) is 40.8 cm³/mol. The van der Waals surface area contributed by atoms with E-state index in [0.717, 1.165) is 13.2 Å². The van der Waals surface area contributed by atoms with Crippen LogP contribution in [0.1, 0.15) is 12.8 Å². The Hall–Kier alpha value is -0.0151. The minimum absolute atomic E-state index is 0. The highest BCUT2D eigenvalue weighted by molar-refractivity contribution is 5.75.